The predicted molar refractivity (Wildman–Crippen MR) is 78.9 cm³/mol. The van der Waals surface area contributed by atoms with E-state index < -0.39 is 0 Å². The maximum absolute atomic E-state index is 3.90. The van der Waals surface area contributed by atoms with Crippen LogP contribution in [0.15, 0.2) is 0 Å². The smallest absolute Gasteiger partial charge is 0.0249 e. The summed E-state index contributed by atoms with van der Waals surface area (Å²) in [6, 6.07) is 1.66. The van der Waals surface area contributed by atoms with E-state index in [0.29, 0.717) is 0 Å². The number of unbranched alkanes of at least 4 members (excludes halogenated alkanes) is 1. The maximum atomic E-state index is 3.90. The zero-order chi connectivity index (χ0) is 12.8. The zero-order valence-electron chi connectivity index (χ0n) is 12.5. The summed E-state index contributed by atoms with van der Waals surface area (Å²) in [6.45, 7) is 8.61. The first-order valence-corrected chi connectivity index (χ1v) is 8.32. The van der Waals surface area contributed by atoms with Crippen LogP contribution in [-0.2, 0) is 0 Å². The molecule has 2 nitrogen and oxygen atoms in total. The van der Waals surface area contributed by atoms with Crippen molar-refractivity contribution in [3.05, 3.63) is 0 Å². The molecule has 2 aliphatic heterocycles. The zero-order valence-corrected chi connectivity index (χ0v) is 12.5. The Labute approximate surface area is 114 Å². The quantitative estimate of drug-likeness (QED) is 0.747. The van der Waals surface area contributed by atoms with Crippen molar-refractivity contribution in [3.63, 3.8) is 0 Å². The van der Waals surface area contributed by atoms with Gasteiger partial charge in [0, 0.05) is 18.6 Å². The third-order valence-electron chi connectivity index (χ3n) is 5.07. The number of hydrogen-bond acceptors (Lipinski definition) is 2. The fourth-order valence-corrected chi connectivity index (χ4v) is 3.75. The molecular weight excluding hydrogens is 220 g/mol. The van der Waals surface area contributed by atoms with E-state index in [1.54, 1.807) is 0 Å². The van der Waals surface area contributed by atoms with E-state index in [0.717, 1.165) is 18.0 Å². The van der Waals surface area contributed by atoms with Crippen LogP contribution in [0, 0.1) is 5.92 Å². The van der Waals surface area contributed by atoms with Gasteiger partial charge in [0.05, 0.1) is 0 Å². The van der Waals surface area contributed by atoms with Gasteiger partial charge in [0.2, 0.25) is 0 Å². The largest absolute Gasteiger partial charge is 0.312 e. The molecule has 3 unspecified atom stereocenters. The van der Waals surface area contributed by atoms with Crippen molar-refractivity contribution < 1.29 is 0 Å². The molecule has 2 heterocycles. The van der Waals surface area contributed by atoms with E-state index in [-0.39, 0.29) is 0 Å². The van der Waals surface area contributed by atoms with E-state index >= 15 is 0 Å². The molecule has 0 spiro atoms. The van der Waals surface area contributed by atoms with Crippen LogP contribution in [0.3, 0.4) is 0 Å². The van der Waals surface area contributed by atoms with Crippen molar-refractivity contribution in [2.45, 2.75) is 77.3 Å². The van der Waals surface area contributed by atoms with Crippen molar-refractivity contribution in [2.75, 3.05) is 19.6 Å². The third-order valence-corrected chi connectivity index (χ3v) is 5.07. The van der Waals surface area contributed by atoms with Gasteiger partial charge in [-0.05, 0) is 44.7 Å². The topological polar surface area (TPSA) is 15.3 Å². The molecule has 2 saturated heterocycles. The Kier molecular flexibility index (Phi) is 5.97. The highest BCUT2D eigenvalue weighted by Crippen LogP contribution is 2.27. The number of rotatable bonds is 7. The summed E-state index contributed by atoms with van der Waals surface area (Å²) in [6.07, 6.45) is 11.2. The first-order valence-electron chi connectivity index (χ1n) is 8.32. The lowest BCUT2D eigenvalue weighted by atomic mass is 9.96. The molecule has 0 aliphatic carbocycles. The van der Waals surface area contributed by atoms with E-state index in [9.17, 15) is 0 Å². The average molecular weight is 252 g/mol. The highest BCUT2D eigenvalue weighted by Gasteiger charge is 2.35. The van der Waals surface area contributed by atoms with E-state index in [4.69, 9.17) is 0 Å². The van der Waals surface area contributed by atoms with Crippen molar-refractivity contribution in [3.8, 4) is 0 Å². The second-order valence-corrected chi connectivity index (χ2v) is 6.32. The van der Waals surface area contributed by atoms with Gasteiger partial charge in [-0.3, -0.25) is 4.90 Å². The molecule has 2 aliphatic rings. The average Bonchev–Trinajstić information content (AvgIpc) is 2.82. The standard InChI is InChI=1S/C16H32N2/c1-3-5-8-14(4-2)13-17-15-10-12-18-11-7-6-9-16(15)18/h14-17H,3-13H2,1-2H3. The van der Waals surface area contributed by atoms with Crippen LogP contribution in [0.4, 0.5) is 0 Å². The Morgan fingerprint density at radius 2 is 2.06 bits per heavy atom. The Bertz CT molecular complexity index is 229. The molecular formula is C16H32N2. The minimum absolute atomic E-state index is 0.793. The van der Waals surface area contributed by atoms with Crippen LogP contribution >= 0.6 is 0 Å². The lowest BCUT2D eigenvalue weighted by Crippen LogP contribution is -2.46. The summed E-state index contributed by atoms with van der Waals surface area (Å²) in [5.74, 6) is 0.905. The summed E-state index contributed by atoms with van der Waals surface area (Å²) in [5, 5.41) is 3.90. The van der Waals surface area contributed by atoms with Gasteiger partial charge in [-0.15, -0.1) is 0 Å². The Morgan fingerprint density at radius 3 is 2.83 bits per heavy atom. The summed E-state index contributed by atoms with van der Waals surface area (Å²) in [7, 11) is 0. The van der Waals surface area contributed by atoms with Gasteiger partial charge in [-0.25, -0.2) is 0 Å². The van der Waals surface area contributed by atoms with Gasteiger partial charge in [0.15, 0.2) is 0 Å². The molecule has 2 fully saturated rings. The summed E-state index contributed by atoms with van der Waals surface area (Å²) < 4.78 is 0. The number of piperidine rings is 1. The van der Waals surface area contributed by atoms with Crippen LogP contribution < -0.4 is 5.32 Å². The fraction of sp³-hybridized carbons (Fsp3) is 1.00. The summed E-state index contributed by atoms with van der Waals surface area (Å²) in [4.78, 5) is 2.73. The van der Waals surface area contributed by atoms with Crippen LogP contribution in [0.25, 0.3) is 0 Å². The van der Waals surface area contributed by atoms with E-state index in [2.05, 4.69) is 24.1 Å². The monoisotopic (exact) mass is 252 g/mol. The van der Waals surface area contributed by atoms with Crippen LogP contribution in [0.2, 0.25) is 0 Å². The SMILES string of the molecule is CCCCC(CC)CNC1CCN2CCCCC12. The molecule has 18 heavy (non-hydrogen) atoms. The first-order chi connectivity index (χ1) is 8.85. The second kappa shape index (κ2) is 7.49. The van der Waals surface area contributed by atoms with Crippen molar-refractivity contribution in [1.29, 1.82) is 0 Å². The van der Waals surface area contributed by atoms with Gasteiger partial charge >= 0.3 is 0 Å². The fourth-order valence-electron chi connectivity index (χ4n) is 3.75. The van der Waals surface area contributed by atoms with Gasteiger partial charge in [0.25, 0.3) is 0 Å². The molecule has 0 bridgehead atoms. The Balaban J connectivity index is 1.72. The minimum atomic E-state index is 0.793. The highest BCUT2D eigenvalue weighted by atomic mass is 15.2. The van der Waals surface area contributed by atoms with Gasteiger partial charge in [-0.2, -0.15) is 0 Å². The molecule has 0 aromatic carbocycles. The lowest BCUT2D eigenvalue weighted by Gasteiger charge is -2.33. The molecule has 106 valence electrons. The van der Waals surface area contributed by atoms with Crippen molar-refractivity contribution >= 4 is 0 Å². The number of hydrogen-bond donors (Lipinski definition) is 1. The van der Waals surface area contributed by atoms with Crippen molar-refractivity contribution in [2.24, 2.45) is 5.92 Å². The second-order valence-electron chi connectivity index (χ2n) is 6.32. The number of nitrogens with one attached hydrogen (secondary N) is 1. The van der Waals surface area contributed by atoms with Gasteiger partial charge in [0.1, 0.15) is 0 Å². The molecule has 0 aromatic rings. The Morgan fingerprint density at radius 1 is 1.17 bits per heavy atom. The van der Waals surface area contributed by atoms with Crippen molar-refractivity contribution in [1.82, 2.24) is 10.2 Å². The number of fused-ring (bicyclic) bond motifs is 1. The molecule has 2 heteroatoms. The lowest BCUT2D eigenvalue weighted by molar-refractivity contribution is 0.178. The molecule has 0 radical (unpaired) electrons. The van der Waals surface area contributed by atoms with E-state index in [1.807, 2.05) is 0 Å². The normalized spacial score (nSPS) is 30.3. The molecule has 2 rings (SSSR count). The third kappa shape index (κ3) is 3.71. The number of nitrogens with zero attached hydrogens (tertiary/aromatic N) is 1. The van der Waals surface area contributed by atoms with Crippen LogP contribution in [0.1, 0.15) is 65.2 Å². The van der Waals surface area contributed by atoms with Gasteiger partial charge < -0.3 is 5.32 Å². The molecule has 0 amide bonds. The highest BCUT2D eigenvalue weighted by molar-refractivity contribution is 4.94. The van der Waals surface area contributed by atoms with E-state index in [1.165, 1.54) is 71.0 Å². The van der Waals surface area contributed by atoms with Crippen LogP contribution in [-0.4, -0.2) is 36.6 Å². The maximum Gasteiger partial charge on any atom is 0.0249 e. The molecule has 1 N–H and O–H groups in total. The molecule has 0 saturated carbocycles. The molecule has 3 atom stereocenters. The minimum Gasteiger partial charge on any atom is -0.312 e. The first kappa shape index (κ1) is 14.3. The predicted octanol–water partition coefficient (Wildman–Crippen LogP) is 3.42. The Hall–Kier alpha value is -0.0800. The summed E-state index contributed by atoms with van der Waals surface area (Å²) >= 11 is 0. The molecule has 0 aromatic heterocycles. The van der Waals surface area contributed by atoms with Crippen LogP contribution in [0.5, 0.6) is 0 Å². The van der Waals surface area contributed by atoms with Gasteiger partial charge in [-0.1, -0.05) is 39.5 Å². The summed E-state index contributed by atoms with van der Waals surface area (Å²) in [5.41, 5.74) is 0.